The molecule has 0 radical (unpaired) electrons. The summed E-state index contributed by atoms with van der Waals surface area (Å²) in [5, 5.41) is 28.8. The summed E-state index contributed by atoms with van der Waals surface area (Å²) in [6.07, 6.45) is 0. The number of rotatable bonds is 2. The SMILES string of the molecule is Oc1cc2ccccc2cc1-c1[c-]c2ccccc2s1.[Be+2].[O-]c1cc2ccccc2cc1-c1[nH+]c2ccccc2s1. The summed E-state index contributed by atoms with van der Waals surface area (Å²) >= 11 is 3.28. The number of phenolic OH excluding ortho intramolecular Hbond substituents is 1. The Hall–Kier alpha value is -4.54. The molecule has 2 aromatic heterocycles. The largest absolute Gasteiger partial charge is 2.00 e. The quantitative estimate of drug-likeness (QED) is 0.170. The van der Waals surface area contributed by atoms with Crippen LogP contribution in [-0.4, -0.2) is 15.2 Å². The molecule has 6 aromatic carbocycles. The average Bonchev–Trinajstić information content (AvgIpc) is 3.61. The van der Waals surface area contributed by atoms with E-state index in [4.69, 9.17) is 0 Å². The molecule has 0 saturated carbocycles. The number of nitrogens with one attached hydrogen (secondary N) is 1. The number of H-pyrrole nitrogens is 1. The molecular formula is C35H22BeNO2S2+. The van der Waals surface area contributed by atoms with Crippen LogP contribution < -0.4 is 10.1 Å². The van der Waals surface area contributed by atoms with Gasteiger partial charge in [0, 0.05) is 6.07 Å². The van der Waals surface area contributed by atoms with Crippen molar-refractivity contribution in [3.63, 3.8) is 0 Å². The number of para-hydroxylation sites is 1. The number of thiophene rings is 1. The van der Waals surface area contributed by atoms with E-state index >= 15 is 0 Å². The van der Waals surface area contributed by atoms with E-state index in [0.29, 0.717) is 5.75 Å². The minimum atomic E-state index is 0. The minimum absolute atomic E-state index is 0. The fourth-order valence-electron chi connectivity index (χ4n) is 4.89. The molecule has 192 valence electrons. The zero-order valence-electron chi connectivity index (χ0n) is 21.9. The zero-order valence-corrected chi connectivity index (χ0v) is 23.6. The normalized spacial score (nSPS) is 10.9. The Kier molecular flexibility index (Phi) is 7.25. The number of hydrogen-bond acceptors (Lipinski definition) is 4. The molecule has 0 bridgehead atoms. The van der Waals surface area contributed by atoms with Crippen LogP contribution in [0.3, 0.4) is 0 Å². The minimum Gasteiger partial charge on any atom is -0.872 e. The molecule has 8 aromatic rings. The van der Waals surface area contributed by atoms with Crippen LogP contribution in [0.1, 0.15) is 0 Å². The molecule has 0 unspecified atom stereocenters. The van der Waals surface area contributed by atoms with Gasteiger partial charge in [-0.25, -0.2) is 11.3 Å². The molecule has 0 aliphatic heterocycles. The Morgan fingerprint density at radius 3 is 1.85 bits per heavy atom. The first-order valence-corrected chi connectivity index (χ1v) is 14.5. The second kappa shape index (κ2) is 11.1. The molecule has 0 aliphatic rings. The first-order chi connectivity index (χ1) is 19.6. The maximum atomic E-state index is 12.3. The predicted molar refractivity (Wildman–Crippen MR) is 172 cm³/mol. The van der Waals surface area contributed by atoms with Crippen LogP contribution in [0.5, 0.6) is 11.5 Å². The smallest absolute Gasteiger partial charge is 0.872 e. The number of hydrogen-bond donors (Lipinski definition) is 1. The number of aromatic hydroxyl groups is 1. The van der Waals surface area contributed by atoms with Crippen LogP contribution >= 0.6 is 22.7 Å². The van der Waals surface area contributed by atoms with Gasteiger partial charge in [-0.3, -0.25) is 0 Å². The van der Waals surface area contributed by atoms with Gasteiger partial charge < -0.3 is 10.2 Å². The number of benzene rings is 6. The third kappa shape index (κ3) is 5.19. The fraction of sp³-hybridized carbons (Fsp3) is 0. The molecule has 2 N–H and O–H groups in total. The Labute approximate surface area is 248 Å². The van der Waals surface area contributed by atoms with Crippen molar-refractivity contribution in [1.82, 2.24) is 0 Å². The van der Waals surface area contributed by atoms with Crippen LogP contribution in [0, 0.1) is 6.07 Å². The van der Waals surface area contributed by atoms with Crippen molar-refractivity contribution in [2.24, 2.45) is 0 Å². The van der Waals surface area contributed by atoms with Crippen molar-refractivity contribution in [1.29, 1.82) is 0 Å². The van der Waals surface area contributed by atoms with Gasteiger partial charge in [-0.15, -0.1) is 23.6 Å². The molecule has 0 aliphatic carbocycles. The Bertz CT molecular complexity index is 1940. The maximum Gasteiger partial charge on any atom is 2.00 e. The van der Waals surface area contributed by atoms with Crippen molar-refractivity contribution < 1.29 is 15.2 Å². The van der Waals surface area contributed by atoms with Crippen LogP contribution in [0.4, 0.5) is 0 Å². The van der Waals surface area contributed by atoms with Crippen molar-refractivity contribution in [3.05, 3.63) is 127 Å². The molecule has 2 heterocycles. The van der Waals surface area contributed by atoms with E-state index in [0.717, 1.165) is 58.2 Å². The van der Waals surface area contributed by atoms with Gasteiger partial charge in [-0.05, 0) is 50.0 Å². The van der Waals surface area contributed by atoms with Crippen LogP contribution in [0.15, 0.2) is 121 Å². The van der Waals surface area contributed by atoms with E-state index in [2.05, 4.69) is 29.2 Å². The van der Waals surface area contributed by atoms with Crippen molar-refractivity contribution in [2.45, 2.75) is 0 Å². The van der Waals surface area contributed by atoms with Crippen molar-refractivity contribution in [3.8, 4) is 32.5 Å². The molecule has 0 saturated heterocycles. The van der Waals surface area contributed by atoms with Gasteiger partial charge in [-0.1, -0.05) is 107 Å². The Morgan fingerprint density at radius 1 is 0.610 bits per heavy atom. The Balaban J connectivity index is 0.000000144. The van der Waals surface area contributed by atoms with Gasteiger partial charge in [0.25, 0.3) is 5.01 Å². The molecule has 6 heteroatoms. The van der Waals surface area contributed by atoms with Gasteiger partial charge in [0.05, 0.1) is 11.3 Å². The molecule has 0 atom stereocenters. The summed E-state index contributed by atoms with van der Waals surface area (Å²) in [5.41, 5.74) is 2.66. The maximum absolute atomic E-state index is 12.3. The van der Waals surface area contributed by atoms with Gasteiger partial charge in [0.15, 0.2) is 0 Å². The van der Waals surface area contributed by atoms with E-state index < -0.39 is 0 Å². The number of thiazole rings is 1. The predicted octanol–water partition coefficient (Wildman–Crippen LogP) is 8.46. The third-order valence-electron chi connectivity index (χ3n) is 6.90. The van der Waals surface area contributed by atoms with Gasteiger partial charge >= 0.3 is 10.1 Å². The summed E-state index contributed by atoms with van der Waals surface area (Å²) < 4.78 is 2.35. The first-order valence-electron chi connectivity index (χ1n) is 12.9. The van der Waals surface area contributed by atoms with E-state index in [1.807, 2.05) is 97.1 Å². The second-order valence-corrected chi connectivity index (χ2v) is 11.6. The molecule has 0 amide bonds. The number of aromatic amines is 1. The second-order valence-electron chi connectivity index (χ2n) is 9.52. The van der Waals surface area contributed by atoms with Crippen molar-refractivity contribution >= 4 is 74.6 Å². The topological polar surface area (TPSA) is 57.4 Å². The fourth-order valence-corrected chi connectivity index (χ4v) is 6.94. The monoisotopic (exact) mass is 561 g/mol. The van der Waals surface area contributed by atoms with E-state index in [-0.39, 0.29) is 15.9 Å². The van der Waals surface area contributed by atoms with E-state index in [9.17, 15) is 10.2 Å². The number of fused-ring (bicyclic) bond motifs is 4. The summed E-state index contributed by atoms with van der Waals surface area (Å²) in [6.45, 7) is 0. The number of phenols is 1. The van der Waals surface area contributed by atoms with Crippen LogP contribution in [0.2, 0.25) is 0 Å². The summed E-state index contributed by atoms with van der Waals surface area (Å²) in [4.78, 5) is 4.32. The molecular weight excluding hydrogens is 540 g/mol. The summed E-state index contributed by atoms with van der Waals surface area (Å²) in [7, 11) is 0. The standard InChI is InChI=1S/C18H11OS.C17H11NOS.Be/c19-16-10-13-6-2-1-5-12(13)9-15(16)18-11-14-7-3-4-8-17(14)20-18;19-15-10-12-6-2-1-5-11(12)9-13(15)17-18-14-7-3-4-8-16(14)20-17;/h2*1-10,19H;/q-1;;+2. The molecule has 41 heavy (non-hydrogen) atoms. The summed E-state index contributed by atoms with van der Waals surface area (Å²) in [5.74, 6) is 0.373. The molecule has 8 rings (SSSR count). The third-order valence-corrected chi connectivity index (χ3v) is 9.10. The average molecular weight is 562 g/mol. The van der Waals surface area contributed by atoms with Gasteiger partial charge in [0.2, 0.25) is 5.52 Å². The summed E-state index contributed by atoms with van der Waals surface area (Å²) in [6, 6.07) is 43.2. The van der Waals surface area contributed by atoms with E-state index in [1.165, 1.54) is 4.70 Å². The van der Waals surface area contributed by atoms with Gasteiger partial charge in [-0.2, -0.15) is 4.98 Å². The Morgan fingerprint density at radius 2 is 1.17 bits per heavy atom. The van der Waals surface area contributed by atoms with Crippen LogP contribution in [0.25, 0.3) is 62.9 Å². The molecule has 3 nitrogen and oxygen atoms in total. The van der Waals surface area contributed by atoms with Crippen LogP contribution in [-0.2, 0) is 0 Å². The molecule has 0 fully saturated rings. The number of aromatic nitrogens is 1. The first kappa shape index (κ1) is 26.7. The van der Waals surface area contributed by atoms with Crippen molar-refractivity contribution in [2.75, 3.05) is 0 Å². The van der Waals surface area contributed by atoms with E-state index in [1.54, 1.807) is 28.7 Å². The van der Waals surface area contributed by atoms with Gasteiger partial charge in [0.1, 0.15) is 4.70 Å². The zero-order chi connectivity index (χ0) is 27.1. The molecule has 0 spiro atoms.